The van der Waals surface area contributed by atoms with Gasteiger partial charge in [0.2, 0.25) is 0 Å². The summed E-state index contributed by atoms with van der Waals surface area (Å²) >= 11 is 0. The van der Waals surface area contributed by atoms with Gasteiger partial charge in [0.25, 0.3) is 11.8 Å². The van der Waals surface area contributed by atoms with E-state index in [2.05, 4.69) is 11.0 Å². The SMILES string of the molecule is O=C(CCCN1C(=O)c2ccccc2C1=O)[C@@H]1c2ccccc2CCN1c1ccccc1. The van der Waals surface area contributed by atoms with E-state index in [1.807, 2.05) is 48.5 Å². The minimum atomic E-state index is -0.357. The summed E-state index contributed by atoms with van der Waals surface area (Å²) in [6.07, 6.45) is 1.64. The van der Waals surface area contributed by atoms with Crippen molar-refractivity contribution < 1.29 is 14.4 Å². The van der Waals surface area contributed by atoms with Crippen molar-refractivity contribution in [2.45, 2.75) is 25.3 Å². The van der Waals surface area contributed by atoms with E-state index >= 15 is 0 Å². The molecule has 1 atom stereocenters. The van der Waals surface area contributed by atoms with E-state index in [-0.39, 0.29) is 30.2 Å². The Balaban J connectivity index is 1.32. The molecule has 2 aliphatic rings. The maximum atomic E-state index is 13.5. The molecule has 0 spiro atoms. The lowest BCUT2D eigenvalue weighted by atomic mass is 9.88. The van der Waals surface area contributed by atoms with Crippen LogP contribution < -0.4 is 4.90 Å². The molecule has 2 heterocycles. The Morgan fingerprint density at radius 2 is 1.44 bits per heavy atom. The predicted octanol–water partition coefficient (Wildman–Crippen LogP) is 4.44. The third kappa shape index (κ3) is 3.50. The third-order valence-corrected chi connectivity index (χ3v) is 6.36. The first-order valence-corrected chi connectivity index (χ1v) is 11.0. The first-order chi connectivity index (χ1) is 15.6. The van der Waals surface area contributed by atoms with Crippen molar-refractivity contribution in [1.82, 2.24) is 4.90 Å². The molecule has 0 unspecified atom stereocenters. The predicted molar refractivity (Wildman–Crippen MR) is 123 cm³/mol. The molecule has 2 amide bonds. The number of imide groups is 1. The molecule has 5 nitrogen and oxygen atoms in total. The molecule has 5 rings (SSSR count). The lowest BCUT2D eigenvalue weighted by Crippen LogP contribution is -2.40. The fourth-order valence-electron chi connectivity index (χ4n) is 4.80. The van der Waals surface area contributed by atoms with Crippen LogP contribution >= 0.6 is 0 Å². The summed E-state index contributed by atoms with van der Waals surface area (Å²) in [5.41, 5.74) is 4.17. The van der Waals surface area contributed by atoms with E-state index in [4.69, 9.17) is 0 Å². The molecule has 0 aromatic heterocycles. The summed E-state index contributed by atoms with van der Waals surface area (Å²) in [7, 11) is 0. The molecule has 0 bridgehead atoms. The molecule has 2 aliphatic heterocycles. The van der Waals surface area contributed by atoms with Crippen molar-refractivity contribution >= 4 is 23.3 Å². The molecule has 0 fully saturated rings. The lowest BCUT2D eigenvalue weighted by molar-refractivity contribution is -0.120. The Morgan fingerprint density at radius 1 is 0.812 bits per heavy atom. The zero-order valence-electron chi connectivity index (χ0n) is 17.7. The number of fused-ring (bicyclic) bond motifs is 2. The highest BCUT2D eigenvalue weighted by Gasteiger charge is 2.36. The molecular weight excluding hydrogens is 400 g/mol. The molecule has 0 saturated carbocycles. The smallest absolute Gasteiger partial charge is 0.261 e. The molecule has 3 aromatic rings. The number of carbonyl (C=O) groups is 3. The van der Waals surface area contributed by atoms with Gasteiger partial charge in [-0.15, -0.1) is 0 Å². The molecule has 160 valence electrons. The van der Waals surface area contributed by atoms with Crippen molar-refractivity contribution in [3.8, 4) is 0 Å². The zero-order chi connectivity index (χ0) is 22.1. The van der Waals surface area contributed by atoms with Gasteiger partial charge in [-0.2, -0.15) is 0 Å². The highest BCUT2D eigenvalue weighted by Crippen LogP contribution is 2.35. The number of ketones is 1. The Labute approximate surface area is 187 Å². The summed E-state index contributed by atoms with van der Waals surface area (Å²) in [5, 5.41) is 0. The number of anilines is 1. The van der Waals surface area contributed by atoms with Crippen LogP contribution in [0.3, 0.4) is 0 Å². The van der Waals surface area contributed by atoms with Crippen molar-refractivity contribution in [1.29, 1.82) is 0 Å². The number of hydrogen-bond acceptors (Lipinski definition) is 4. The van der Waals surface area contributed by atoms with Crippen LogP contribution in [0.15, 0.2) is 78.9 Å². The normalized spacial score (nSPS) is 17.3. The maximum Gasteiger partial charge on any atom is 0.261 e. The van der Waals surface area contributed by atoms with Crippen molar-refractivity contribution in [3.05, 3.63) is 101 Å². The van der Waals surface area contributed by atoms with Gasteiger partial charge in [0.15, 0.2) is 5.78 Å². The molecule has 0 radical (unpaired) electrons. The molecular formula is C27H24N2O3. The van der Waals surface area contributed by atoms with Gasteiger partial charge in [0, 0.05) is 25.2 Å². The number of carbonyl (C=O) groups excluding carboxylic acids is 3. The largest absolute Gasteiger partial charge is 0.357 e. The Bertz CT molecular complexity index is 1150. The number of Topliss-reactive ketones (excluding diaryl/α,β-unsaturated/α-hetero) is 1. The first kappa shape index (κ1) is 20.2. The monoisotopic (exact) mass is 424 g/mol. The second kappa shape index (κ2) is 8.42. The van der Waals surface area contributed by atoms with Gasteiger partial charge in [-0.25, -0.2) is 0 Å². The van der Waals surface area contributed by atoms with Crippen molar-refractivity contribution in [2.24, 2.45) is 0 Å². The van der Waals surface area contributed by atoms with Crippen LogP contribution in [-0.4, -0.2) is 35.6 Å². The van der Waals surface area contributed by atoms with Crippen LogP contribution in [0, 0.1) is 0 Å². The summed E-state index contributed by atoms with van der Waals surface area (Å²) in [6.45, 7) is 1.02. The van der Waals surface area contributed by atoms with Crippen LogP contribution in [0.25, 0.3) is 0 Å². The average Bonchev–Trinajstić information content (AvgIpc) is 3.08. The highest BCUT2D eigenvalue weighted by atomic mass is 16.2. The topological polar surface area (TPSA) is 57.7 Å². The van der Waals surface area contributed by atoms with Gasteiger partial charge in [-0.3, -0.25) is 19.3 Å². The third-order valence-electron chi connectivity index (χ3n) is 6.36. The average molecular weight is 425 g/mol. The molecule has 3 aromatic carbocycles. The summed E-state index contributed by atoms with van der Waals surface area (Å²) in [5.74, 6) is -0.434. The van der Waals surface area contributed by atoms with Gasteiger partial charge in [0.05, 0.1) is 11.1 Å². The van der Waals surface area contributed by atoms with Gasteiger partial charge < -0.3 is 4.90 Å². The van der Waals surface area contributed by atoms with Crippen LogP contribution in [0.4, 0.5) is 5.69 Å². The number of nitrogens with zero attached hydrogens (tertiary/aromatic N) is 2. The second-order valence-electron chi connectivity index (χ2n) is 8.26. The Hall–Kier alpha value is -3.73. The molecule has 0 aliphatic carbocycles. The molecule has 5 heteroatoms. The zero-order valence-corrected chi connectivity index (χ0v) is 17.7. The number of para-hydroxylation sites is 1. The molecule has 32 heavy (non-hydrogen) atoms. The summed E-state index contributed by atoms with van der Waals surface area (Å²) < 4.78 is 0. The van der Waals surface area contributed by atoms with Crippen LogP contribution in [-0.2, 0) is 11.2 Å². The fourth-order valence-corrected chi connectivity index (χ4v) is 4.80. The van der Waals surface area contributed by atoms with E-state index in [9.17, 15) is 14.4 Å². The number of benzene rings is 3. The summed E-state index contributed by atoms with van der Waals surface area (Å²) in [6, 6.07) is 24.7. The van der Waals surface area contributed by atoms with Gasteiger partial charge >= 0.3 is 0 Å². The quantitative estimate of drug-likeness (QED) is 0.549. The van der Waals surface area contributed by atoms with E-state index in [1.165, 1.54) is 10.5 Å². The number of hydrogen-bond donors (Lipinski definition) is 0. The van der Waals surface area contributed by atoms with E-state index in [0.29, 0.717) is 24.0 Å². The lowest BCUT2D eigenvalue weighted by Gasteiger charge is -2.38. The van der Waals surface area contributed by atoms with Crippen LogP contribution in [0.2, 0.25) is 0 Å². The van der Waals surface area contributed by atoms with Crippen molar-refractivity contribution in [2.75, 3.05) is 18.0 Å². The fraction of sp³-hybridized carbons (Fsp3) is 0.222. The Kier molecular flexibility index (Phi) is 5.31. The van der Waals surface area contributed by atoms with Crippen LogP contribution in [0.1, 0.15) is 50.7 Å². The van der Waals surface area contributed by atoms with Gasteiger partial charge in [-0.05, 0) is 48.2 Å². The van der Waals surface area contributed by atoms with E-state index in [1.54, 1.807) is 24.3 Å². The number of rotatable bonds is 6. The number of amides is 2. The van der Waals surface area contributed by atoms with Crippen LogP contribution in [0.5, 0.6) is 0 Å². The van der Waals surface area contributed by atoms with Gasteiger partial charge in [-0.1, -0.05) is 54.6 Å². The maximum absolute atomic E-state index is 13.5. The second-order valence-corrected chi connectivity index (χ2v) is 8.26. The minimum Gasteiger partial charge on any atom is -0.357 e. The summed E-state index contributed by atoms with van der Waals surface area (Å²) in [4.78, 5) is 42.1. The Morgan fingerprint density at radius 3 is 2.16 bits per heavy atom. The standard InChI is InChI=1S/C27H24N2O3/c30-24(15-8-17-29-26(31)22-13-6-7-14-23(22)27(29)32)25-21-12-5-4-9-19(21)16-18-28(25)20-10-2-1-3-11-20/h1-7,9-14,25H,8,15-18H2/t25-/m0/s1. The minimum absolute atomic E-state index is 0.109. The molecule has 0 saturated heterocycles. The first-order valence-electron chi connectivity index (χ1n) is 11.0. The van der Waals surface area contributed by atoms with Crippen molar-refractivity contribution in [3.63, 3.8) is 0 Å². The highest BCUT2D eigenvalue weighted by molar-refractivity contribution is 6.21. The van der Waals surface area contributed by atoms with Gasteiger partial charge in [0.1, 0.15) is 6.04 Å². The van der Waals surface area contributed by atoms with E-state index < -0.39 is 0 Å². The molecule has 0 N–H and O–H groups in total. The van der Waals surface area contributed by atoms with E-state index in [0.717, 1.165) is 24.2 Å².